The lowest BCUT2D eigenvalue weighted by Crippen LogP contribution is -2.01. The third kappa shape index (κ3) is 1.91. The lowest BCUT2D eigenvalue weighted by Gasteiger charge is -2.06. The van der Waals surface area contributed by atoms with Gasteiger partial charge in [0.15, 0.2) is 0 Å². The van der Waals surface area contributed by atoms with Gasteiger partial charge in [-0.15, -0.1) is 0 Å². The Morgan fingerprint density at radius 1 is 1.35 bits per heavy atom. The summed E-state index contributed by atoms with van der Waals surface area (Å²) in [6, 6.07) is 10.8. The zero-order valence-corrected chi connectivity index (χ0v) is 11.7. The molecular formula is C16H13N3S. The van der Waals surface area contributed by atoms with Gasteiger partial charge in [0.1, 0.15) is 5.82 Å². The van der Waals surface area contributed by atoms with Gasteiger partial charge in [0, 0.05) is 12.5 Å². The highest BCUT2D eigenvalue weighted by molar-refractivity contribution is 7.07. The maximum atomic E-state index is 9.02. The largest absolute Gasteiger partial charge is 0.325 e. The van der Waals surface area contributed by atoms with Crippen molar-refractivity contribution in [1.29, 1.82) is 5.26 Å². The Morgan fingerprint density at radius 3 is 2.95 bits per heavy atom. The van der Waals surface area contributed by atoms with Gasteiger partial charge in [-0.05, 0) is 53.4 Å². The standard InChI is InChI=1S/C16H13N3S/c17-9-11-1-4-15-14(7-11)18-16(19(15)13-2-3-13)8-12-5-6-20-10-12/h1,4-7,10,13H,2-3,8H2. The van der Waals surface area contributed by atoms with Gasteiger partial charge in [0.2, 0.25) is 0 Å². The van der Waals surface area contributed by atoms with E-state index in [2.05, 4.69) is 27.5 Å². The van der Waals surface area contributed by atoms with Crippen LogP contribution in [0.1, 0.15) is 35.8 Å². The van der Waals surface area contributed by atoms with Crippen molar-refractivity contribution in [1.82, 2.24) is 9.55 Å². The summed E-state index contributed by atoms with van der Waals surface area (Å²) in [6.45, 7) is 0. The van der Waals surface area contributed by atoms with E-state index in [1.807, 2.05) is 18.2 Å². The second-order valence-corrected chi connectivity index (χ2v) is 6.03. The summed E-state index contributed by atoms with van der Waals surface area (Å²) < 4.78 is 2.37. The van der Waals surface area contributed by atoms with E-state index in [1.54, 1.807) is 11.3 Å². The van der Waals surface area contributed by atoms with E-state index in [0.717, 1.165) is 23.3 Å². The van der Waals surface area contributed by atoms with Crippen LogP contribution in [0.25, 0.3) is 11.0 Å². The van der Waals surface area contributed by atoms with Gasteiger partial charge in [0.05, 0.1) is 22.7 Å². The second kappa shape index (κ2) is 4.46. The fourth-order valence-electron chi connectivity index (χ4n) is 2.66. The molecule has 0 atom stereocenters. The molecule has 0 amide bonds. The number of nitriles is 1. The first-order valence-electron chi connectivity index (χ1n) is 6.77. The SMILES string of the molecule is N#Cc1ccc2c(c1)nc(Cc1ccsc1)n2C1CC1. The fraction of sp³-hybridized carbons (Fsp3) is 0.250. The molecule has 1 aromatic carbocycles. The summed E-state index contributed by atoms with van der Waals surface area (Å²) in [5, 5.41) is 13.3. The van der Waals surface area contributed by atoms with E-state index in [0.29, 0.717) is 11.6 Å². The molecule has 20 heavy (non-hydrogen) atoms. The van der Waals surface area contributed by atoms with E-state index >= 15 is 0 Å². The maximum Gasteiger partial charge on any atom is 0.114 e. The maximum absolute atomic E-state index is 9.02. The third-order valence-electron chi connectivity index (χ3n) is 3.75. The van der Waals surface area contributed by atoms with E-state index in [1.165, 1.54) is 18.4 Å². The minimum atomic E-state index is 0.599. The molecule has 1 aliphatic rings. The molecule has 4 heteroatoms. The van der Waals surface area contributed by atoms with Gasteiger partial charge in [0.25, 0.3) is 0 Å². The Labute approximate surface area is 121 Å². The fourth-order valence-corrected chi connectivity index (χ4v) is 3.33. The van der Waals surface area contributed by atoms with E-state index in [4.69, 9.17) is 10.2 Å². The molecule has 2 aromatic heterocycles. The molecule has 4 rings (SSSR count). The molecule has 1 saturated carbocycles. The van der Waals surface area contributed by atoms with Crippen LogP contribution in [0.4, 0.5) is 0 Å². The summed E-state index contributed by atoms with van der Waals surface area (Å²) in [4.78, 5) is 4.77. The Bertz CT molecular complexity index is 804. The number of hydrogen-bond acceptors (Lipinski definition) is 3. The van der Waals surface area contributed by atoms with Crippen LogP contribution in [0.15, 0.2) is 35.0 Å². The van der Waals surface area contributed by atoms with Gasteiger partial charge >= 0.3 is 0 Å². The summed E-state index contributed by atoms with van der Waals surface area (Å²) >= 11 is 1.72. The summed E-state index contributed by atoms with van der Waals surface area (Å²) in [5.41, 5.74) is 4.10. The first-order chi connectivity index (χ1) is 9.85. The normalized spacial score (nSPS) is 14.6. The van der Waals surface area contributed by atoms with E-state index in [-0.39, 0.29) is 0 Å². The Hall–Kier alpha value is -2.12. The average Bonchev–Trinajstić information content (AvgIpc) is 3.05. The van der Waals surface area contributed by atoms with Crippen LogP contribution >= 0.6 is 11.3 Å². The number of aromatic nitrogens is 2. The van der Waals surface area contributed by atoms with Gasteiger partial charge in [-0.2, -0.15) is 16.6 Å². The number of thiophene rings is 1. The van der Waals surface area contributed by atoms with Crippen molar-refractivity contribution in [2.24, 2.45) is 0 Å². The predicted molar refractivity (Wildman–Crippen MR) is 79.8 cm³/mol. The van der Waals surface area contributed by atoms with Crippen molar-refractivity contribution in [3.63, 3.8) is 0 Å². The molecule has 0 radical (unpaired) electrons. The lowest BCUT2D eigenvalue weighted by atomic mass is 10.2. The molecule has 2 heterocycles. The Morgan fingerprint density at radius 2 is 2.25 bits per heavy atom. The number of imidazole rings is 1. The van der Waals surface area contributed by atoms with E-state index in [9.17, 15) is 0 Å². The third-order valence-corrected chi connectivity index (χ3v) is 4.48. The molecule has 0 saturated heterocycles. The van der Waals surface area contributed by atoms with Crippen molar-refractivity contribution in [3.8, 4) is 6.07 Å². The molecule has 3 aromatic rings. The van der Waals surface area contributed by atoms with Crippen molar-refractivity contribution in [2.75, 3.05) is 0 Å². The number of rotatable bonds is 3. The van der Waals surface area contributed by atoms with Crippen molar-refractivity contribution >= 4 is 22.4 Å². The van der Waals surface area contributed by atoms with Gasteiger partial charge < -0.3 is 4.57 Å². The summed E-state index contributed by atoms with van der Waals surface area (Å²) in [7, 11) is 0. The molecule has 3 nitrogen and oxygen atoms in total. The zero-order valence-electron chi connectivity index (χ0n) is 10.9. The molecular weight excluding hydrogens is 266 g/mol. The number of fused-ring (bicyclic) bond motifs is 1. The summed E-state index contributed by atoms with van der Waals surface area (Å²) in [6.07, 6.45) is 3.35. The van der Waals surface area contributed by atoms with Crippen molar-refractivity contribution in [2.45, 2.75) is 25.3 Å². The molecule has 0 unspecified atom stereocenters. The molecule has 0 N–H and O–H groups in total. The van der Waals surface area contributed by atoms with Crippen molar-refractivity contribution in [3.05, 3.63) is 52.0 Å². The minimum Gasteiger partial charge on any atom is -0.325 e. The molecule has 0 aliphatic heterocycles. The average molecular weight is 279 g/mol. The number of nitrogens with zero attached hydrogens (tertiary/aromatic N) is 3. The van der Waals surface area contributed by atoms with Crippen LogP contribution in [0.3, 0.4) is 0 Å². The molecule has 1 fully saturated rings. The lowest BCUT2D eigenvalue weighted by molar-refractivity contribution is 0.716. The monoisotopic (exact) mass is 279 g/mol. The van der Waals surface area contributed by atoms with Crippen LogP contribution in [0.5, 0.6) is 0 Å². The van der Waals surface area contributed by atoms with E-state index < -0.39 is 0 Å². The quantitative estimate of drug-likeness (QED) is 0.729. The smallest absolute Gasteiger partial charge is 0.114 e. The van der Waals surface area contributed by atoms with Gasteiger partial charge in [-0.25, -0.2) is 4.98 Å². The van der Waals surface area contributed by atoms with Gasteiger partial charge in [-0.3, -0.25) is 0 Å². The highest BCUT2D eigenvalue weighted by atomic mass is 32.1. The molecule has 1 aliphatic carbocycles. The minimum absolute atomic E-state index is 0.599. The Balaban J connectivity index is 1.86. The van der Waals surface area contributed by atoms with Crippen LogP contribution < -0.4 is 0 Å². The summed E-state index contributed by atoms with van der Waals surface area (Å²) in [5.74, 6) is 1.12. The van der Waals surface area contributed by atoms with Gasteiger partial charge in [-0.1, -0.05) is 0 Å². The molecule has 98 valence electrons. The van der Waals surface area contributed by atoms with Crippen LogP contribution in [-0.4, -0.2) is 9.55 Å². The first-order valence-corrected chi connectivity index (χ1v) is 7.71. The predicted octanol–water partition coefficient (Wildman–Crippen LogP) is 3.90. The number of hydrogen-bond donors (Lipinski definition) is 0. The van der Waals surface area contributed by atoms with Crippen LogP contribution in [0.2, 0.25) is 0 Å². The topological polar surface area (TPSA) is 41.6 Å². The zero-order chi connectivity index (χ0) is 13.5. The van der Waals surface area contributed by atoms with Crippen LogP contribution in [-0.2, 0) is 6.42 Å². The highest BCUT2D eigenvalue weighted by Crippen LogP contribution is 2.39. The van der Waals surface area contributed by atoms with Crippen LogP contribution in [0, 0.1) is 11.3 Å². The Kier molecular flexibility index (Phi) is 2.61. The first kappa shape index (κ1) is 11.7. The molecule has 0 spiro atoms. The molecule has 0 bridgehead atoms. The second-order valence-electron chi connectivity index (χ2n) is 5.25. The highest BCUT2D eigenvalue weighted by Gasteiger charge is 2.28. The number of benzene rings is 1. The van der Waals surface area contributed by atoms with Crippen molar-refractivity contribution < 1.29 is 0 Å².